The second kappa shape index (κ2) is 8.82. The number of nitrogens with one attached hydrogen (secondary N) is 1. The van der Waals surface area contributed by atoms with Crippen LogP contribution in [0.4, 0.5) is 10.6 Å². The molecule has 1 saturated heterocycles. The molecule has 2 amide bonds. The number of pyridine rings is 1. The molecule has 1 aromatic heterocycles. The minimum Gasteiger partial charge on any atom is -0.444 e. The zero-order chi connectivity index (χ0) is 21.0. The standard InChI is InChI=1S/C22H26ClN3O3/c1-22(2,3)29-21(28)26-11-7-10-16(14-26)20(27)25-19-12-17(18(23)13-24-19)15-8-5-4-6-9-15/h4-6,8-9,12-13,16H,7,10-11,14H2,1-3H3,(H,24,25,27). The van der Waals surface area contributed by atoms with Crippen LogP contribution in [-0.2, 0) is 9.53 Å². The molecule has 0 spiro atoms. The number of anilines is 1. The van der Waals surface area contributed by atoms with Crippen LogP contribution in [0.15, 0.2) is 42.6 Å². The smallest absolute Gasteiger partial charge is 0.410 e. The molecule has 29 heavy (non-hydrogen) atoms. The molecule has 1 aliphatic heterocycles. The van der Waals surface area contributed by atoms with Crippen LogP contribution in [0.1, 0.15) is 33.6 Å². The van der Waals surface area contributed by atoms with E-state index in [0.717, 1.165) is 17.5 Å². The number of likely N-dealkylation sites (tertiary alicyclic amines) is 1. The predicted molar refractivity (Wildman–Crippen MR) is 114 cm³/mol. The third-order valence-corrected chi connectivity index (χ3v) is 4.94. The Balaban J connectivity index is 1.68. The van der Waals surface area contributed by atoms with Crippen LogP contribution in [0.2, 0.25) is 5.02 Å². The summed E-state index contributed by atoms with van der Waals surface area (Å²) in [6, 6.07) is 11.5. The van der Waals surface area contributed by atoms with Crippen molar-refractivity contribution in [1.82, 2.24) is 9.88 Å². The molecule has 1 N–H and O–H groups in total. The minimum atomic E-state index is -0.562. The third-order valence-electron chi connectivity index (χ3n) is 4.64. The molecule has 7 heteroatoms. The highest BCUT2D eigenvalue weighted by Crippen LogP contribution is 2.29. The summed E-state index contributed by atoms with van der Waals surface area (Å²) in [5.74, 6) is -0.0336. The van der Waals surface area contributed by atoms with Crippen LogP contribution in [0.3, 0.4) is 0 Å². The second-order valence-corrected chi connectivity index (χ2v) is 8.58. The molecule has 1 atom stereocenters. The molecule has 3 rings (SSSR count). The van der Waals surface area contributed by atoms with E-state index in [1.54, 1.807) is 11.0 Å². The lowest BCUT2D eigenvalue weighted by Gasteiger charge is -2.33. The Labute approximate surface area is 176 Å². The topological polar surface area (TPSA) is 71.5 Å². The lowest BCUT2D eigenvalue weighted by molar-refractivity contribution is -0.121. The van der Waals surface area contributed by atoms with Gasteiger partial charge in [0.1, 0.15) is 11.4 Å². The number of hydrogen-bond donors (Lipinski definition) is 1. The van der Waals surface area contributed by atoms with Crippen molar-refractivity contribution < 1.29 is 14.3 Å². The second-order valence-electron chi connectivity index (χ2n) is 8.17. The molecule has 1 fully saturated rings. The van der Waals surface area contributed by atoms with Crippen molar-refractivity contribution in [1.29, 1.82) is 0 Å². The van der Waals surface area contributed by atoms with E-state index in [1.165, 1.54) is 6.20 Å². The summed E-state index contributed by atoms with van der Waals surface area (Å²) in [6.45, 7) is 6.41. The van der Waals surface area contributed by atoms with Gasteiger partial charge >= 0.3 is 6.09 Å². The van der Waals surface area contributed by atoms with E-state index in [-0.39, 0.29) is 17.9 Å². The van der Waals surface area contributed by atoms with Gasteiger partial charge in [-0.1, -0.05) is 41.9 Å². The largest absolute Gasteiger partial charge is 0.444 e. The minimum absolute atomic E-state index is 0.160. The zero-order valence-electron chi connectivity index (χ0n) is 16.9. The van der Waals surface area contributed by atoms with Crippen molar-refractivity contribution in [3.8, 4) is 11.1 Å². The van der Waals surface area contributed by atoms with E-state index in [2.05, 4.69) is 10.3 Å². The first-order chi connectivity index (χ1) is 13.7. The number of rotatable bonds is 3. The van der Waals surface area contributed by atoms with Crippen LogP contribution in [0.25, 0.3) is 11.1 Å². The molecule has 0 radical (unpaired) electrons. The first-order valence-corrected chi connectivity index (χ1v) is 10.1. The first-order valence-electron chi connectivity index (χ1n) is 9.73. The van der Waals surface area contributed by atoms with Gasteiger partial charge in [0.25, 0.3) is 0 Å². The lowest BCUT2D eigenvalue weighted by Crippen LogP contribution is -2.45. The fourth-order valence-electron chi connectivity index (χ4n) is 3.26. The molecule has 1 unspecified atom stereocenters. The summed E-state index contributed by atoms with van der Waals surface area (Å²) in [4.78, 5) is 30.9. The van der Waals surface area contributed by atoms with Crippen molar-refractivity contribution in [2.24, 2.45) is 5.92 Å². The molecule has 0 bridgehead atoms. The molecule has 2 heterocycles. The summed E-state index contributed by atoms with van der Waals surface area (Å²) in [7, 11) is 0. The molecule has 154 valence electrons. The molecular weight excluding hydrogens is 390 g/mol. The first kappa shape index (κ1) is 21.1. The van der Waals surface area contributed by atoms with E-state index in [0.29, 0.717) is 30.4 Å². The molecule has 0 saturated carbocycles. The number of carbonyl (C=O) groups excluding carboxylic acids is 2. The Morgan fingerprint density at radius 3 is 2.66 bits per heavy atom. The maximum atomic E-state index is 12.8. The monoisotopic (exact) mass is 415 g/mol. The van der Waals surface area contributed by atoms with Gasteiger partial charge in [-0.2, -0.15) is 0 Å². The normalized spacial score (nSPS) is 17.0. The van der Waals surface area contributed by atoms with E-state index in [1.807, 2.05) is 51.1 Å². The predicted octanol–water partition coefficient (Wildman–Crippen LogP) is 4.99. The molecule has 1 aliphatic rings. The highest BCUT2D eigenvalue weighted by atomic mass is 35.5. The fraction of sp³-hybridized carbons (Fsp3) is 0.409. The highest BCUT2D eigenvalue weighted by Gasteiger charge is 2.31. The fourth-order valence-corrected chi connectivity index (χ4v) is 3.47. The van der Waals surface area contributed by atoms with Gasteiger partial charge < -0.3 is 15.0 Å². The summed E-state index contributed by atoms with van der Waals surface area (Å²) in [5, 5.41) is 3.39. The van der Waals surface area contributed by atoms with Crippen molar-refractivity contribution >= 4 is 29.4 Å². The number of halogens is 1. The number of amides is 2. The van der Waals surface area contributed by atoms with Crippen molar-refractivity contribution in [2.45, 2.75) is 39.2 Å². The molecule has 0 aliphatic carbocycles. The zero-order valence-corrected chi connectivity index (χ0v) is 17.7. The van der Waals surface area contributed by atoms with Gasteiger partial charge in [0.15, 0.2) is 0 Å². The van der Waals surface area contributed by atoms with Crippen molar-refractivity contribution in [3.05, 3.63) is 47.6 Å². The number of ether oxygens (including phenoxy) is 1. The van der Waals surface area contributed by atoms with E-state index in [4.69, 9.17) is 16.3 Å². The highest BCUT2D eigenvalue weighted by molar-refractivity contribution is 6.33. The maximum Gasteiger partial charge on any atom is 0.410 e. The number of hydrogen-bond acceptors (Lipinski definition) is 4. The van der Waals surface area contributed by atoms with Gasteiger partial charge in [-0.05, 0) is 45.2 Å². The number of carbonyl (C=O) groups is 2. The van der Waals surface area contributed by atoms with Gasteiger partial charge in [0.2, 0.25) is 5.91 Å². The summed E-state index contributed by atoms with van der Waals surface area (Å²) < 4.78 is 5.43. The van der Waals surface area contributed by atoms with Gasteiger partial charge in [-0.3, -0.25) is 4.79 Å². The average molecular weight is 416 g/mol. The van der Waals surface area contributed by atoms with E-state index >= 15 is 0 Å². The molecule has 1 aromatic carbocycles. The Bertz CT molecular complexity index is 881. The summed E-state index contributed by atoms with van der Waals surface area (Å²) in [6.07, 6.45) is 2.61. The average Bonchev–Trinajstić information content (AvgIpc) is 2.69. The number of piperidine rings is 1. The van der Waals surface area contributed by atoms with Gasteiger partial charge in [0.05, 0.1) is 10.9 Å². The molecular formula is C22H26ClN3O3. The third kappa shape index (κ3) is 5.70. The summed E-state index contributed by atoms with van der Waals surface area (Å²) >= 11 is 6.29. The SMILES string of the molecule is CC(C)(C)OC(=O)N1CCCC(C(=O)Nc2cc(-c3ccccc3)c(Cl)cn2)C1. The Morgan fingerprint density at radius 2 is 1.97 bits per heavy atom. The Kier molecular flexibility index (Phi) is 6.42. The number of aromatic nitrogens is 1. The Morgan fingerprint density at radius 1 is 1.24 bits per heavy atom. The van der Waals surface area contributed by atoms with Crippen molar-refractivity contribution in [2.75, 3.05) is 18.4 Å². The maximum absolute atomic E-state index is 12.8. The van der Waals surface area contributed by atoms with Crippen LogP contribution in [0.5, 0.6) is 0 Å². The Hall–Kier alpha value is -2.60. The van der Waals surface area contributed by atoms with Crippen LogP contribution in [0, 0.1) is 5.92 Å². The van der Waals surface area contributed by atoms with Gasteiger partial charge in [0, 0.05) is 24.8 Å². The lowest BCUT2D eigenvalue weighted by atomic mass is 9.97. The summed E-state index contributed by atoms with van der Waals surface area (Å²) in [5.41, 5.74) is 1.19. The molecule has 6 nitrogen and oxygen atoms in total. The van der Waals surface area contributed by atoms with Gasteiger partial charge in [-0.15, -0.1) is 0 Å². The van der Waals surface area contributed by atoms with Crippen LogP contribution in [-0.4, -0.2) is 40.6 Å². The molecule has 2 aromatic rings. The van der Waals surface area contributed by atoms with Crippen LogP contribution < -0.4 is 5.32 Å². The van der Waals surface area contributed by atoms with E-state index < -0.39 is 5.60 Å². The van der Waals surface area contributed by atoms with E-state index in [9.17, 15) is 9.59 Å². The number of nitrogens with zero attached hydrogens (tertiary/aromatic N) is 2. The van der Waals surface area contributed by atoms with Gasteiger partial charge in [-0.25, -0.2) is 9.78 Å². The number of benzene rings is 1. The van der Waals surface area contributed by atoms with Crippen LogP contribution >= 0.6 is 11.6 Å². The quantitative estimate of drug-likeness (QED) is 0.766. The van der Waals surface area contributed by atoms with Crippen molar-refractivity contribution in [3.63, 3.8) is 0 Å².